The molecule has 0 aliphatic heterocycles. The van der Waals surface area contributed by atoms with Crippen molar-refractivity contribution < 1.29 is 24.3 Å². The van der Waals surface area contributed by atoms with Crippen LogP contribution in [-0.4, -0.2) is 40.8 Å². The Kier molecular flexibility index (Phi) is 8.25. The first-order valence-corrected chi connectivity index (χ1v) is 9.47. The number of Topliss-reactive ketones (excluding diaryl/α,β-unsaturated/α-hetero) is 1. The van der Waals surface area contributed by atoms with Gasteiger partial charge < -0.3 is 26.3 Å². The molecule has 2 aromatic rings. The minimum Gasteiger partial charge on any atom is -0.381 e. The Labute approximate surface area is 174 Å². The molecule has 0 fully saturated rings. The Morgan fingerprint density at radius 2 is 1.50 bits per heavy atom. The van der Waals surface area contributed by atoms with Crippen LogP contribution in [0.3, 0.4) is 0 Å². The van der Waals surface area contributed by atoms with Crippen LogP contribution >= 0.6 is 0 Å². The zero-order valence-electron chi connectivity index (χ0n) is 16.6. The predicted molar refractivity (Wildman–Crippen MR) is 110 cm³/mol. The summed E-state index contributed by atoms with van der Waals surface area (Å²) in [4.78, 5) is 48.0. The van der Waals surface area contributed by atoms with Gasteiger partial charge in [-0.05, 0) is 31.0 Å². The number of nitrogens with two attached hydrogens (primary N) is 1. The van der Waals surface area contributed by atoms with E-state index in [0.717, 1.165) is 0 Å². The first-order chi connectivity index (χ1) is 14.3. The highest BCUT2D eigenvalue weighted by atomic mass is 16.3. The summed E-state index contributed by atoms with van der Waals surface area (Å²) in [5.74, 6) is -2.33. The fraction of sp³-hybridized carbons (Fsp3) is 0.273. The van der Waals surface area contributed by atoms with Crippen molar-refractivity contribution in [3.8, 4) is 0 Å². The molecule has 0 heterocycles. The lowest BCUT2D eigenvalue weighted by Crippen LogP contribution is -2.51. The van der Waals surface area contributed by atoms with Crippen LogP contribution in [0.5, 0.6) is 0 Å². The summed E-state index contributed by atoms with van der Waals surface area (Å²) in [5, 5.41) is 15.7. The molecular weight excluding hydrogens is 386 g/mol. The minimum absolute atomic E-state index is 0.0233. The Hall–Kier alpha value is -3.52. The molecule has 8 nitrogen and oxygen atoms in total. The van der Waals surface area contributed by atoms with Crippen LogP contribution in [0.25, 0.3) is 0 Å². The van der Waals surface area contributed by atoms with Gasteiger partial charge in [-0.1, -0.05) is 48.5 Å². The number of ketones is 1. The molecule has 0 bridgehead atoms. The number of benzene rings is 2. The largest absolute Gasteiger partial charge is 0.381 e. The second kappa shape index (κ2) is 10.9. The van der Waals surface area contributed by atoms with E-state index < -0.39 is 35.9 Å². The summed E-state index contributed by atoms with van der Waals surface area (Å²) >= 11 is 0. The molecule has 2 rings (SSSR count). The number of rotatable bonds is 10. The maximum atomic E-state index is 12.6. The second-order valence-corrected chi connectivity index (χ2v) is 6.88. The Morgan fingerprint density at radius 1 is 0.933 bits per heavy atom. The fourth-order valence-electron chi connectivity index (χ4n) is 2.86. The van der Waals surface area contributed by atoms with Crippen molar-refractivity contribution in [2.24, 2.45) is 5.73 Å². The zero-order chi connectivity index (χ0) is 22.1. The highest BCUT2D eigenvalue weighted by molar-refractivity contribution is 5.95. The lowest BCUT2D eigenvalue weighted by molar-refractivity contribution is -0.134. The fourth-order valence-corrected chi connectivity index (χ4v) is 2.86. The van der Waals surface area contributed by atoms with Crippen molar-refractivity contribution in [1.29, 1.82) is 0 Å². The molecule has 8 heteroatoms. The molecule has 30 heavy (non-hydrogen) atoms. The summed E-state index contributed by atoms with van der Waals surface area (Å²) in [5.41, 5.74) is 6.17. The number of hydrogen-bond donors (Lipinski definition) is 4. The Balaban J connectivity index is 2.20. The van der Waals surface area contributed by atoms with E-state index in [4.69, 9.17) is 5.73 Å². The molecule has 0 aliphatic carbocycles. The van der Waals surface area contributed by atoms with Gasteiger partial charge >= 0.3 is 0 Å². The van der Waals surface area contributed by atoms with Gasteiger partial charge in [-0.25, -0.2) is 0 Å². The van der Waals surface area contributed by atoms with Crippen LogP contribution in [0.1, 0.15) is 41.7 Å². The quantitative estimate of drug-likeness (QED) is 0.459. The summed E-state index contributed by atoms with van der Waals surface area (Å²) in [7, 11) is 0. The summed E-state index contributed by atoms with van der Waals surface area (Å²) in [6, 6.07) is 14.7. The first-order valence-electron chi connectivity index (χ1n) is 9.47. The normalized spacial score (nSPS) is 13.5. The molecule has 0 aliphatic rings. The van der Waals surface area contributed by atoms with Gasteiger partial charge in [0, 0.05) is 12.0 Å². The van der Waals surface area contributed by atoms with E-state index in [1.54, 1.807) is 60.7 Å². The van der Waals surface area contributed by atoms with E-state index in [1.165, 1.54) is 6.92 Å². The van der Waals surface area contributed by atoms with Crippen molar-refractivity contribution >= 4 is 23.5 Å². The van der Waals surface area contributed by atoms with Gasteiger partial charge in [-0.15, -0.1) is 0 Å². The summed E-state index contributed by atoms with van der Waals surface area (Å²) < 4.78 is 0. The molecular formula is C22H25N3O5. The first kappa shape index (κ1) is 22.8. The number of nitrogens with one attached hydrogen (secondary N) is 2. The van der Waals surface area contributed by atoms with Gasteiger partial charge in [0.25, 0.3) is 11.8 Å². The standard InChI is InChI=1S/C22H25N3O5/c1-14(26)12-13-17(20(23)28)24-22(30)19(27)18(15-8-4-2-5-9-15)25-21(29)16-10-6-3-7-11-16/h2-11,17-19,27H,12-13H2,1H3,(H2,23,28)(H,24,30)(H,25,29)/t17-,18-,19+/m0/s1. The van der Waals surface area contributed by atoms with Gasteiger partial charge in [0.1, 0.15) is 11.8 Å². The molecule has 0 radical (unpaired) electrons. The van der Waals surface area contributed by atoms with Gasteiger partial charge in [0.2, 0.25) is 5.91 Å². The molecule has 2 aromatic carbocycles. The van der Waals surface area contributed by atoms with Crippen molar-refractivity contribution in [3.63, 3.8) is 0 Å². The van der Waals surface area contributed by atoms with Crippen molar-refractivity contribution in [2.45, 2.75) is 38.0 Å². The molecule has 0 unspecified atom stereocenters. The van der Waals surface area contributed by atoms with E-state index in [9.17, 15) is 24.3 Å². The smallest absolute Gasteiger partial charge is 0.252 e. The van der Waals surface area contributed by atoms with Crippen molar-refractivity contribution in [2.75, 3.05) is 0 Å². The number of primary amides is 1. The lowest BCUT2D eigenvalue weighted by Gasteiger charge is -2.25. The zero-order valence-corrected chi connectivity index (χ0v) is 16.6. The van der Waals surface area contributed by atoms with E-state index in [2.05, 4.69) is 10.6 Å². The average Bonchev–Trinajstić information content (AvgIpc) is 2.75. The number of hydrogen-bond acceptors (Lipinski definition) is 5. The third-order valence-electron chi connectivity index (χ3n) is 4.51. The van der Waals surface area contributed by atoms with Crippen LogP contribution in [0.4, 0.5) is 0 Å². The number of carbonyl (C=O) groups is 4. The van der Waals surface area contributed by atoms with E-state index in [1.807, 2.05) is 0 Å². The minimum atomic E-state index is -1.70. The monoisotopic (exact) mass is 411 g/mol. The maximum absolute atomic E-state index is 12.6. The van der Waals surface area contributed by atoms with Gasteiger partial charge in [0.15, 0.2) is 6.10 Å². The molecule has 0 saturated heterocycles. The number of aliphatic hydroxyl groups excluding tert-OH is 1. The molecule has 0 aromatic heterocycles. The van der Waals surface area contributed by atoms with Crippen molar-refractivity contribution in [3.05, 3.63) is 71.8 Å². The van der Waals surface area contributed by atoms with Crippen LogP contribution < -0.4 is 16.4 Å². The molecule has 0 saturated carbocycles. The maximum Gasteiger partial charge on any atom is 0.252 e. The Morgan fingerprint density at radius 3 is 2.03 bits per heavy atom. The molecule has 0 spiro atoms. The van der Waals surface area contributed by atoms with Crippen LogP contribution in [0.2, 0.25) is 0 Å². The van der Waals surface area contributed by atoms with Crippen LogP contribution in [0.15, 0.2) is 60.7 Å². The van der Waals surface area contributed by atoms with Crippen LogP contribution in [0, 0.1) is 0 Å². The molecule has 5 N–H and O–H groups in total. The lowest BCUT2D eigenvalue weighted by atomic mass is 9.99. The highest BCUT2D eigenvalue weighted by Gasteiger charge is 2.31. The van der Waals surface area contributed by atoms with Crippen LogP contribution in [-0.2, 0) is 14.4 Å². The van der Waals surface area contributed by atoms with E-state index >= 15 is 0 Å². The summed E-state index contributed by atoms with van der Waals surface area (Å²) in [6.45, 7) is 1.36. The number of amides is 3. The third-order valence-corrected chi connectivity index (χ3v) is 4.51. The average molecular weight is 411 g/mol. The molecule has 158 valence electrons. The summed E-state index contributed by atoms with van der Waals surface area (Å²) in [6.07, 6.45) is -1.62. The van der Waals surface area contributed by atoms with E-state index in [0.29, 0.717) is 11.1 Å². The SMILES string of the molecule is CC(=O)CC[C@H](NC(=O)[C@H](O)[C@@H](NC(=O)c1ccccc1)c1ccccc1)C(N)=O. The highest BCUT2D eigenvalue weighted by Crippen LogP contribution is 2.18. The third kappa shape index (κ3) is 6.52. The molecule has 3 amide bonds. The van der Waals surface area contributed by atoms with Gasteiger partial charge in [-0.3, -0.25) is 14.4 Å². The van der Waals surface area contributed by atoms with Gasteiger partial charge in [0.05, 0.1) is 6.04 Å². The Bertz CT molecular complexity index is 886. The van der Waals surface area contributed by atoms with Gasteiger partial charge in [-0.2, -0.15) is 0 Å². The number of aliphatic hydroxyl groups is 1. The van der Waals surface area contributed by atoms with E-state index in [-0.39, 0.29) is 18.6 Å². The second-order valence-electron chi connectivity index (χ2n) is 6.88. The number of carbonyl (C=O) groups excluding carboxylic acids is 4. The van der Waals surface area contributed by atoms with Crippen molar-refractivity contribution in [1.82, 2.24) is 10.6 Å². The predicted octanol–water partition coefficient (Wildman–Crippen LogP) is 0.858. The molecule has 3 atom stereocenters. The topological polar surface area (TPSA) is 139 Å².